The number of ether oxygens (including phenoxy) is 3. The molecule has 2 amide bonds. The van der Waals surface area contributed by atoms with Gasteiger partial charge in [0, 0.05) is 43.4 Å². The summed E-state index contributed by atoms with van der Waals surface area (Å²) in [6.07, 6.45) is 1.42. The first-order valence-corrected chi connectivity index (χ1v) is 14.5. The highest BCUT2D eigenvalue weighted by atomic mass is 16.7. The molecule has 0 bridgehead atoms. The molecule has 8 heteroatoms. The summed E-state index contributed by atoms with van der Waals surface area (Å²) in [4.78, 5) is 15.1. The summed E-state index contributed by atoms with van der Waals surface area (Å²) in [5, 5.41) is 15.4. The molecule has 5 rings (SSSR count). The van der Waals surface area contributed by atoms with Gasteiger partial charge in [-0.15, -0.1) is 0 Å². The molecule has 3 aromatic rings. The molecule has 0 saturated carbocycles. The van der Waals surface area contributed by atoms with E-state index in [0.717, 1.165) is 48.2 Å². The normalized spacial score (nSPS) is 24.7. The molecule has 2 aliphatic heterocycles. The molecule has 5 unspecified atom stereocenters. The number of nitrogens with zero attached hydrogens (tertiary/aromatic N) is 1. The van der Waals surface area contributed by atoms with Crippen molar-refractivity contribution in [2.45, 2.75) is 57.5 Å². The number of methoxy groups -OCH3 is 1. The van der Waals surface area contributed by atoms with Crippen LogP contribution in [0.2, 0.25) is 0 Å². The van der Waals surface area contributed by atoms with E-state index in [1.165, 1.54) is 0 Å². The van der Waals surface area contributed by atoms with E-state index in [9.17, 15) is 9.90 Å². The fourth-order valence-electron chi connectivity index (χ4n) is 5.79. The minimum Gasteiger partial charge on any atom is -0.392 e. The van der Waals surface area contributed by atoms with Crippen LogP contribution in [0, 0.1) is 5.92 Å². The average Bonchev–Trinajstić information content (AvgIpc) is 3.44. The van der Waals surface area contributed by atoms with Crippen molar-refractivity contribution in [1.82, 2.24) is 10.2 Å². The van der Waals surface area contributed by atoms with Gasteiger partial charge in [-0.3, -0.25) is 4.90 Å². The van der Waals surface area contributed by atoms with Gasteiger partial charge >= 0.3 is 6.03 Å². The van der Waals surface area contributed by atoms with Crippen molar-refractivity contribution in [2.24, 2.45) is 5.92 Å². The van der Waals surface area contributed by atoms with E-state index in [1.54, 1.807) is 7.11 Å². The van der Waals surface area contributed by atoms with Crippen molar-refractivity contribution in [2.75, 3.05) is 32.1 Å². The highest BCUT2D eigenvalue weighted by Crippen LogP contribution is 2.42. The van der Waals surface area contributed by atoms with Crippen LogP contribution in [0.3, 0.4) is 0 Å². The largest absolute Gasteiger partial charge is 0.392 e. The standard InChI is InChI=1S/C33H41N3O5/c1-23-30(20-36-17-7-12-29(36)22-39-2)40-32(41-31(23)26-15-13-25(21-37)14-16-26)27-10-6-11-28(18-27)35-33(38)34-19-24-8-4-3-5-9-24/h3-6,8-11,13-16,18,23,29-32,37H,7,12,17,19-22H2,1-2H3,(H2,34,35,38). The summed E-state index contributed by atoms with van der Waals surface area (Å²) in [7, 11) is 1.76. The number of benzene rings is 3. The van der Waals surface area contributed by atoms with Gasteiger partial charge in [0.05, 0.1) is 25.4 Å². The van der Waals surface area contributed by atoms with Crippen molar-refractivity contribution >= 4 is 11.7 Å². The Morgan fingerprint density at radius 2 is 1.80 bits per heavy atom. The first-order valence-electron chi connectivity index (χ1n) is 14.5. The third kappa shape index (κ3) is 7.52. The summed E-state index contributed by atoms with van der Waals surface area (Å²) < 4.78 is 18.8. The minimum absolute atomic E-state index is 0.00425. The highest BCUT2D eigenvalue weighted by Gasteiger charge is 2.40. The van der Waals surface area contributed by atoms with E-state index in [1.807, 2.05) is 78.9 Å². The molecule has 5 atom stereocenters. The molecule has 218 valence electrons. The zero-order valence-corrected chi connectivity index (χ0v) is 23.9. The van der Waals surface area contributed by atoms with E-state index in [-0.39, 0.29) is 30.8 Å². The number of anilines is 1. The van der Waals surface area contributed by atoms with Crippen LogP contribution >= 0.6 is 0 Å². The first kappa shape index (κ1) is 29.2. The molecule has 0 radical (unpaired) electrons. The molecular weight excluding hydrogens is 518 g/mol. The van der Waals surface area contributed by atoms with Crippen LogP contribution in [0.15, 0.2) is 78.9 Å². The van der Waals surface area contributed by atoms with Gasteiger partial charge < -0.3 is 30.0 Å². The molecule has 2 aliphatic rings. The van der Waals surface area contributed by atoms with Crippen LogP contribution in [0.5, 0.6) is 0 Å². The number of carbonyl (C=O) groups excluding carboxylic acids is 1. The third-order valence-electron chi connectivity index (χ3n) is 8.11. The SMILES string of the molecule is COCC1CCCN1CC1OC(c2cccc(NC(=O)NCc3ccccc3)c2)OC(c2ccc(CO)cc2)C1C. The van der Waals surface area contributed by atoms with Crippen molar-refractivity contribution < 1.29 is 24.1 Å². The maximum absolute atomic E-state index is 12.6. The molecule has 2 saturated heterocycles. The third-order valence-corrected chi connectivity index (χ3v) is 8.11. The number of rotatable bonds is 10. The van der Waals surface area contributed by atoms with Gasteiger partial charge in [0.15, 0.2) is 6.29 Å². The number of urea groups is 1. The van der Waals surface area contributed by atoms with Gasteiger partial charge in [0.2, 0.25) is 0 Å². The van der Waals surface area contributed by atoms with Gasteiger partial charge in [-0.05, 0) is 48.2 Å². The maximum Gasteiger partial charge on any atom is 0.319 e. The lowest BCUT2D eigenvalue weighted by Crippen LogP contribution is -2.46. The molecule has 0 aromatic heterocycles. The quantitative estimate of drug-likeness (QED) is 0.308. The van der Waals surface area contributed by atoms with Gasteiger partial charge in [-0.25, -0.2) is 4.79 Å². The summed E-state index contributed by atoms with van der Waals surface area (Å²) in [6.45, 7) is 5.16. The highest BCUT2D eigenvalue weighted by molar-refractivity contribution is 5.89. The van der Waals surface area contributed by atoms with Crippen molar-refractivity contribution in [3.05, 3.63) is 101 Å². The molecular formula is C33H41N3O5. The van der Waals surface area contributed by atoms with Crippen LogP contribution in [-0.2, 0) is 27.4 Å². The van der Waals surface area contributed by atoms with Crippen molar-refractivity contribution in [3.63, 3.8) is 0 Å². The fourth-order valence-corrected chi connectivity index (χ4v) is 5.79. The molecule has 8 nitrogen and oxygen atoms in total. The van der Waals surface area contributed by atoms with Gasteiger partial charge in [0.25, 0.3) is 0 Å². The molecule has 41 heavy (non-hydrogen) atoms. The zero-order chi connectivity index (χ0) is 28.6. The van der Waals surface area contributed by atoms with Crippen LogP contribution in [0.4, 0.5) is 10.5 Å². The number of likely N-dealkylation sites (tertiary alicyclic amines) is 1. The average molecular weight is 560 g/mol. The van der Waals surface area contributed by atoms with E-state index in [2.05, 4.69) is 22.5 Å². The predicted molar refractivity (Wildman–Crippen MR) is 158 cm³/mol. The Bertz CT molecular complexity index is 1260. The fraction of sp³-hybridized carbons (Fsp3) is 0.424. The van der Waals surface area contributed by atoms with E-state index in [0.29, 0.717) is 24.9 Å². The summed E-state index contributed by atoms with van der Waals surface area (Å²) in [6, 6.07) is 25.5. The van der Waals surface area contributed by atoms with Gasteiger partial charge in [0.1, 0.15) is 0 Å². The van der Waals surface area contributed by atoms with E-state index < -0.39 is 6.29 Å². The number of aliphatic hydroxyl groups is 1. The van der Waals surface area contributed by atoms with Gasteiger partial charge in [-0.1, -0.05) is 73.7 Å². The van der Waals surface area contributed by atoms with E-state index in [4.69, 9.17) is 14.2 Å². The Balaban J connectivity index is 1.32. The van der Waals surface area contributed by atoms with Crippen LogP contribution < -0.4 is 10.6 Å². The second-order valence-corrected chi connectivity index (χ2v) is 11.0. The van der Waals surface area contributed by atoms with Crippen molar-refractivity contribution in [3.8, 4) is 0 Å². The van der Waals surface area contributed by atoms with Crippen LogP contribution in [0.25, 0.3) is 0 Å². The second-order valence-electron chi connectivity index (χ2n) is 11.0. The van der Waals surface area contributed by atoms with Crippen molar-refractivity contribution in [1.29, 1.82) is 0 Å². The Labute approximate surface area is 242 Å². The smallest absolute Gasteiger partial charge is 0.319 e. The minimum atomic E-state index is -0.601. The Morgan fingerprint density at radius 3 is 2.56 bits per heavy atom. The number of amides is 2. The number of nitrogens with one attached hydrogen (secondary N) is 2. The number of hydrogen-bond donors (Lipinski definition) is 3. The number of hydrogen-bond acceptors (Lipinski definition) is 6. The Morgan fingerprint density at radius 1 is 1.00 bits per heavy atom. The molecule has 3 N–H and O–H groups in total. The second kappa shape index (κ2) is 14.1. The van der Waals surface area contributed by atoms with E-state index >= 15 is 0 Å². The predicted octanol–water partition coefficient (Wildman–Crippen LogP) is 5.40. The molecule has 0 spiro atoms. The summed E-state index contributed by atoms with van der Waals surface area (Å²) >= 11 is 0. The molecule has 2 heterocycles. The monoisotopic (exact) mass is 559 g/mol. The lowest BCUT2D eigenvalue weighted by Gasteiger charge is -2.43. The lowest BCUT2D eigenvalue weighted by molar-refractivity contribution is -0.276. The molecule has 2 fully saturated rings. The topological polar surface area (TPSA) is 92.3 Å². The molecule has 0 aliphatic carbocycles. The summed E-state index contributed by atoms with van der Waals surface area (Å²) in [5.41, 5.74) is 4.46. The number of aliphatic hydroxyl groups excluding tert-OH is 1. The zero-order valence-electron chi connectivity index (χ0n) is 23.9. The molecule has 3 aromatic carbocycles. The maximum atomic E-state index is 12.6. The first-order chi connectivity index (χ1) is 20.0. The summed E-state index contributed by atoms with van der Waals surface area (Å²) in [5.74, 6) is 0.0973. The van der Waals surface area contributed by atoms with Crippen LogP contribution in [0.1, 0.15) is 54.4 Å². The van der Waals surface area contributed by atoms with Gasteiger partial charge in [-0.2, -0.15) is 0 Å². The Hall–Kier alpha value is -3.27. The van der Waals surface area contributed by atoms with Crippen LogP contribution in [-0.4, -0.2) is 55.0 Å². The lowest BCUT2D eigenvalue weighted by atomic mass is 9.90. The Kier molecular flexibility index (Phi) is 10.0. The number of carbonyl (C=O) groups is 1.